The molecule has 0 radical (unpaired) electrons. The summed E-state index contributed by atoms with van der Waals surface area (Å²) in [7, 11) is 0. The van der Waals surface area contributed by atoms with Gasteiger partial charge in [-0.1, -0.05) is 46.9 Å². The van der Waals surface area contributed by atoms with Crippen LogP contribution in [0.1, 0.15) is 0 Å². The normalized spacial score (nSPS) is 11.0. The number of fused-ring (bicyclic) bond motifs is 1. The Balaban J connectivity index is 1.59. The molecule has 0 saturated heterocycles. The fourth-order valence-corrected chi connectivity index (χ4v) is 5.07. The minimum atomic E-state index is -0.170. The lowest BCUT2D eigenvalue weighted by Crippen LogP contribution is -2.15. The van der Waals surface area contributed by atoms with Gasteiger partial charge in [-0.15, -0.1) is 23.1 Å². The van der Waals surface area contributed by atoms with E-state index in [0.717, 1.165) is 20.1 Å². The molecular weight excluding hydrogens is 467 g/mol. The van der Waals surface area contributed by atoms with E-state index in [1.165, 1.54) is 23.1 Å². The Morgan fingerprint density at radius 2 is 1.76 bits per heavy atom. The molecule has 8 heteroatoms. The molecule has 146 valence electrons. The van der Waals surface area contributed by atoms with Crippen LogP contribution in [0.3, 0.4) is 0 Å². The SMILES string of the molecule is O=C(CSc1ccc(Cl)cc1)Nc1c(Cl)cc(Cl)cc1-c1nc2ccccc2s1. The maximum atomic E-state index is 12.6. The van der Waals surface area contributed by atoms with Gasteiger partial charge in [0.1, 0.15) is 5.01 Å². The van der Waals surface area contributed by atoms with E-state index >= 15 is 0 Å². The third-order valence-electron chi connectivity index (χ3n) is 4.03. The third-order valence-corrected chi connectivity index (χ3v) is 6.88. The van der Waals surface area contributed by atoms with E-state index in [2.05, 4.69) is 10.3 Å². The van der Waals surface area contributed by atoms with Crippen LogP contribution in [0.5, 0.6) is 0 Å². The highest BCUT2D eigenvalue weighted by atomic mass is 35.5. The quantitative estimate of drug-likeness (QED) is 0.299. The number of rotatable bonds is 5. The fraction of sp³-hybridized carbons (Fsp3) is 0.0476. The van der Waals surface area contributed by atoms with Gasteiger partial charge in [0.25, 0.3) is 0 Å². The zero-order valence-electron chi connectivity index (χ0n) is 14.8. The second-order valence-corrected chi connectivity index (χ2v) is 9.45. The van der Waals surface area contributed by atoms with Gasteiger partial charge in [0.05, 0.1) is 26.7 Å². The minimum Gasteiger partial charge on any atom is -0.323 e. The molecule has 3 aromatic carbocycles. The highest BCUT2D eigenvalue weighted by molar-refractivity contribution is 8.00. The van der Waals surface area contributed by atoms with Crippen LogP contribution in [0, 0.1) is 0 Å². The van der Waals surface area contributed by atoms with Gasteiger partial charge in [0.15, 0.2) is 0 Å². The molecule has 1 heterocycles. The van der Waals surface area contributed by atoms with Gasteiger partial charge in [-0.05, 0) is 48.5 Å². The van der Waals surface area contributed by atoms with Crippen LogP contribution in [-0.4, -0.2) is 16.6 Å². The maximum absolute atomic E-state index is 12.6. The number of thioether (sulfide) groups is 1. The van der Waals surface area contributed by atoms with E-state index < -0.39 is 0 Å². The lowest BCUT2D eigenvalue weighted by atomic mass is 10.2. The van der Waals surface area contributed by atoms with E-state index in [0.29, 0.717) is 26.3 Å². The van der Waals surface area contributed by atoms with Crippen molar-refractivity contribution in [3.8, 4) is 10.6 Å². The Bertz CT molecular complexity index is 1160. The number of halogens is 3. The number of anilines is 1. The van der Waals surface area contributed by atoms with Crippen molar-refractivity contribution in [3.05, 3.63) is 75.7 Å². The number of nitrogens with zero attached hydrogens (tertiary/aromatic N) is 1. The molecule has 0 fully saturated rings. The van der Waals surface area contributed by atoms with Crippen molar-refractivity contribution in [3.63, 3.8) is 0 Å². The van der Waals surface area contributed by atoms with Crippen LogP contribution in [-0.2, 0) is 4.79 Å². The molecule has 1 amide bonds. The van der Waals surface area contributed by atoms with E-state index in [1.807, 2.05) is 36.4 Å². The van der Waals surface area contributed by atoms with Crippen LogP contribution < -0.4 is 5.32 Å². The predicted molar refractivity (Wildman–Crippen MR) is 126 cm³/mol. The average molecular weight is 480 g/mol. The summed E-state index contributed by atoms with van der Waals surface area (Å²) in [5, 5.41) is 5.18. The second kappa shape index (κ2) is 8.94. The molecule has 0 spiro atoms. The largest absolute Gasteiger partial charge is 0.323 e. The number of carbonyl (C=O) groups is 1. The summed E-state index contributed by atoms with van der Waals surface area (Å²) < 4.78 is 1.05. The number of hydrogen-bond donors (Lipinski definition) is 1. The molecule has 0 atom stereocenters. The number of benzene rings is 3. The van der Waals surface area contributed by atoms with Crippen LogP contribution in [0.15, 0.2) is 65.6 Å². The summed E-state index contributed by atoms with van der Waals surface area (Å²) in [6.07, 6.45) is 0. The summed E-state index contributed by atoms with van der Waals surface area (Å²) in [6.45, 7) is 0. The standard InChI is InChI=1S/C21H13Cl3N2OS2/c22-12-5-7-14(8-6-12)28-11-19(27)26-20-15(9-13(23)10-16(20)24)21-25-17-3-1-2-4-18(17)29-21/h1-10H,11H2,(H,26,27). The highest BCUT2D eigenvalue weighted by Gasteiger charge is 2.17. The van der Waals surface area contributed by atoms with Crippen LogP contribution in [0.2, 0.25) is 15.1 Å². The number of carbonyl (C=O) groups excluding carboxylic acids is 1. The Kier molecular flexibility index (Phi) is 6.32. The zero-order chi connectivity index (χ0) is 20.4. The molecule has 3 nitrogen and oxygen atoms in total. The van der Waals surface area contributed by atoms with Crippen molar-refractivity contribution in [2.24, 2.45) is 0 Å². The number of aromatic nitrogens is 1. The first-order valence-electron chi connectivity index (χ1n) is 8.53. The monoisotopic (exact) mass is 478 g/mol. The summed E-state index contributed by atoms with van der Waals surface area (Å²) in [5.41, 5.74) is 2.10. The maximum Gasteiger partial charge on any atom is 0.234 e. The molecule has 29 heavy (non-hydrogen) atoms. The molecule has 0 aliphatic rings. The summed E-state index contributed by atoms with van der Waals surface area (Å²) in [4.78, 5) is 18.2. The average Bonchev–Trinajstić information content (AvgIpc) is 3.13. The number of nitrogens with one attached hydrogen (secondary N) is 1. The molecule has 1 N–H and O–H groups in total. The van der Waals surface area contributed by atoms with Crippen LogP contribution in [0.4, 0.5) is 5.69 Å². The van der Waals surface area contributed by atoms with Gasteiger partial charge >= 0.3 is 0 Å². The Morgan fingerprint density at radius 1 is 1.00 bits per heavy atom. The first kappa shape index (κ1) is 20.5. The van der Waals surface area contributed by atoms with E-state index in [4.69, 9.17) is 34.8 Å². The topological polar surface area (TPSA) is 42.0 Å². The Labute approximate surface area is 191 Å². The molecular formula is C21H13Cl3N2OS2. The van der Waals surface area contributed by atoms with Crippen LogP contribution >= 0.6 is 57.9 Å². The molecule has 4 aromatic rings. The lowest BCUT2D eigenvalue weighted by Gasteiger charge is -2.12. The molecule has 0 aliphatic carbocycles. The fourth-order valence-electron chi connectivity index (χ4n) is 2.71. The predicted octanol–water partition coefficient (Wildman–Crippen LogP) is 7.65. The van der Waals surface area contributed by atoms with Crippen molar-refractivity contribution < 1.29 is 4.79 Å². The molecule has 1 aromatic heterocycles. The number of amides is 1. The molecule has 4 rings (SSSR count). The van der Waals surface area contributed by atoms with Gasteiger partial charge in [-0.25, -0.2) is 4.98 Å². The Hall–Kier alpha value is -1.76. The van der Waals surface area contributed by atoms with E-state index in [-0.39, 0.29) is 11.7 Å². The van der Waals surface area contributed by atoms with E-state index in [1.54, 1.807) is 24.3 Å². The minimum absolute atomic E-state index is 0.170. The van der Waals surface area contributed by atoms with Crippen LogP contribution in [0.25, 0.3) is 20.8 Å². The summed E-state index contributed by atoms with van der Waals surface area (Å²) in [6, 6.07) is 18.6. The molecule has 0 bridgehead atoms. The second-order valence-electron chi connectivity index (χ2n) is 6.09. The number of thiazole rings is 1. The molecule has 0 aliphatic heterocycles. The zero-order valence-corrected chi connectivity index (χ0v) is 18.7. The van der Waals surface area contributed by atoms with Crippen molar-refractivity contribution in [1.29, 1.82) is 0 Å². The van der Waals surface area contributed by atoms with Crippen molar-refractivity contribution in [2.45, 2.75) is 4.90 Å². The van der Waals surface area contributed by atoms with Gasteiger partial charge in [0.2, 0.25) is 5.91 Å². The van der Waals surface area contributed by atoms with Gasteiger partial charge < -0.3 is 5.32 Å². The highest BCUT2D eigenvalue weighted by Crippen LogP contribution is 2.40. The van der Waals surface area contributed by atoms with Crippen molar-refractivity contribution >= 4 is 79.7 Å². The first-order chi connectivity index (χ1) is 14.0. The summed E-state index contributed by atoms with van der Waals surface area (Å²) >= 11 is 21.5. The smallest absolute Gasteiger partial charge is 0.234 e. The van der Waals surface area contributed by atoms with Gasteiger partial charge in [-0.2, -0.15) is 0 Å². The number of para-hydroxylation sites is 1. The summed E-state index contributed by atoms with van der Waals surface area (Å²) in [5.74, 6) is 0.0661. The number of hydrogen-bond acceptors (Lipinski definition) is 4. The van der Waals surface area contributed by atoms with Crippen molar-refractivity contribution in [2.75, 3.05) is 11.1 Å². The Morgan fingerprint density at radius 3 is 2.52 bits per heavy atom. The lowest BCUT2D eigenvalue weighted by molar-refractivity contribution is -0.113. The first-order valence-corrected chi connectivity index (χ1v) is 11.5. The van der Waals surface area contributed by atoms with Gasteiger partial charge in [-0.3, -0.25) is 4.79 Å². The third kappa shape index (κ3) is 4.87. The molecule has 0 unspecified atom stereocenters. The molecule has 0 saturated carbocycles. The van der Waals surface area contributed by atoms with E-state index in [9.17, 15) is 4.79 Å². The van der Waals surface area contributed by atoms with Gasteiger partial charge in [0, 0.05) is 20.5 Å². The van der Waals surface area contributed by atoms with Crippen molar-refractivity contribution in [1.82, 2.24) is 4.98 Å².